The number of benzene rings is 2. The minimum atomic E-state index is -0.877. The third-order valence-corrected chi connectivity index (χ3v) is 8.97. The van der Waals surface area contributed by atoms with Crippen LogP contribution in [0.4, 0.5) is 0 Å². The molecule has 4 fully saturated rings. The molecule has 1 aromatic heterocycles. The molecule has 1 heterocycles. The second kappa shape index (κ2) is 9.93. The van der Waals surface area contributed by atoms with Crippen molar-refractivity contribution < 1.29 is 23.9 Å². The van der Waals surface area contributed by atoms with E-state index in [-0.39, 0.29) is 30.1 Å². The molecule has 7 heteroatoms. The van der Waals surface area contributed by atoms with Crippen molar-refractivity contribution >= 4 is 28.6 Å². The van der Waals surface area contributed by atoms with E-state index in [1.165, 1.54) is 19.3 Å². The van der Waals surface area contributed by atoms with Crippen molar-refractivity contribution in [3.63, 3.8) is 0 Å². The quantitative estimate of drug-likeness (QED) is 0.314. The maximum absolute atomic E-state index is 13.8. The number of aromatic nitrogens is 1. The topological polar surface area (TPSA) is 97.5 Å². The monoisotopic (exact) mass is 514 g/mol. The van der Waals surface area contributed by atoms with Crippen molar-refractivity contribution in [2.24, 2.45) is 23.2 Å². The summed E-state index contributed by atoms with van der Waals surface area (Å²) in [5.74, 6) is 1.58. The maximum atomic E-state index is 13.8. The largest absolute Gasteiger partial charge is 0.497 e. The average molecular weight is 515 g/mol. The molecule has 3 aromatic rings. The number of rotatable bonds is 9. The van der Waals surface area contributed by atoms with Crippen LogP contribution in [0.3, 0.4) is 0 Å². The molecule has 4 bridgehead atoms. The van der Waals surface area contributed by atoms with Crippen LogP contribution in [0.5, 0.6) is 5.75 Å². The zero-order valence-corrected chi connectivity index (χ0v) is 21.7. The number of para-hydroxylation sites is 1. The molecular formula is C31H34N2O5. The predicted molar refractivity (Wildman–Crippen MR) is 143 cm³/mol. The fraction of sp³-hybridized carbons (Fsp3) is 0.452. The molecule has 1 atom stereocenters. The molecule has 7 nitrogen and oxygen atoms in total. The van der Waals surface area contributed by atoms with Gasteiger partial charge in [-0.2, -0.15) is 0 Å². The summed E-state index contributed by atoms with van der Waals surface area (Å²) in [5.41, 5.74) is 1.95. The predicted octanol–water partition coefficient (Wildman–Crippen LogP) is 4.85. The number of carbonyl (C=O) groups is 3. The molecule has 7 rings (SSSR count). The van der Waals surface area contributed by atoms with E-state index in [1.54, 1.807) is 31.4 Å². The molecule has 38 heavy (non-hydrogen) atoms. The standard InChI is InChI=1S/C31H34N2O5/c1-37-24-8-6-22(7-9-24)28(34)18-38-29(35)27(13-23-17-32-26-5-3-2-4-25(23)26)33-30(36)31-14-19-10-20(15-31)12-21(11-19)16-31/h2-9,17,19-21,27,32H,10-16,18H2,1H3,(H,33,36)/t19?,20?,21?,27-,31?/m1/s1. The fourth-order valence-electron chi connectivity index (χ4n) is 7.51. The molecule has 0 spiro atoms. The number of methoxy groups -OCH3 is 1. The summed E-state index contributed by atoms with van der Waals surface area (Å²) in [5, 5.41) is 4.10. The van der Waals surface area contributed by atoms with Crippen LogP contribution in [0.2, 0.25) is 0 Å². The van der Waals surface area contributed by atoms with Crippen molar-refractivity contribution in [1.29, 1.82) is 0 Å². The Balaban J connectivity index is 1.19. The summed E-state index contributed by atoms with van der Waals surface area (Å²) in [6, 6.07) is 13.7. The molecule has 4 aliphatic rings. The number of Topliss-reactive ketones (excluding diaryl/α,β-unsaturated/α-hetero) is 1. The van der Waals surface area contributed by atoms with E-state index in [9.17, 15) is 14.4 Å². The smallest absolute Gasteiger partial charge is 0.329 e. The van der Waals surface area contributed by atoms with Gasteiger partial charge in [0.1, 0.15) is 11.8 Å². The van der Waals surface area contributed by atoms with Crippen molar-refractivity contribution in [3.8, 4) is 5.75 Å². The first-order chi connectivity index (χ1) is 18.4. The number of esters is 1. The van der Waals surface area contributed by atoms with Crippen LogP contribution < -0.4 is 10.1 Å². The first-order valence-electron chi connectivity index (χ1n) is 13.6. The van der Waals surface area contributed by atoms with Crippen LogP contribution in [0.15, 0.2) is 54.7 Å². The summed E-state index contributed by atoms with van der Waals surface area (Å²) >= 11 is 0. The Kier molecular flexibility index (Phi) is 6.46. The van der Waals surface area contributed by atoms with Crippen molar-refractivity contribution in [2.45, 2.75) is 51.0 Å². The number of ketones is 1. The van der Waals surface area contributed by atoms with E-state index in [0.717, 1.165) is 35.7 Å². The van der Waals surface area contributed by atoms with Crippen LogP contribution in [0.1, 0.15) is 54.4 Å². The van der Waals surface area contributed by atoms with Gasteiger partial charge in [0.15, 0.2) is 12.4 Å². The Morgan fingerprint density at radius 2 is 1.63 bits per heavy atom. The van der Waals surface area contributed by atoms with Gasteiger partial charge in [0.25, 0.3) is 0 Å². The third kappa shape index (κ3) is 4.70. The van der Waals surface area contributed by atoms with Crippen molar-refractivity contribution in [3.05, 3.63) is 65.9 Å². The van der Waals surface area contributed by atoms with Crippen LogP contribution in [0, 0.1) is 23.2 Å². The number of H-pyrrole nitrogens is 1. The van der Waals surface area contributed by atoms with Gasteiger partial charge < -0.3 is 19.8 Å². The Bertz CT molecular complexity index is 1320. The number of fused-ring (bicyclic) bond motifs is 1. The van der Waals surface area contributed by atoms with Crippen LogP contribution in [-0.2, 0) is 20.7 Å². The highest BCUT2D eigenvalue weighted by molar-refractivity contribution is 5.98. The first-order valence-corrected chi connectivity index (χ1v) is 13.6. The Labute approximate surface area is 222 Å². The van der Waals surface area contributed by atoms with Crippen molar-refractivity contribution in [1.82, 2.24) is 10.3 Å². The summed E-state index contributed by atoms with van der Waals surface area (Å²) in [6.07, 6.45) is 8.62. The fourth-order valence-corrected chi connectivity index (χ4v) is 7.51. The van der Waals surface area contributed by atoms with Gasteiger partial charge in [0.2, 0.25) is 5.91 Å². The number of amides is 1. The van der Waals surface area contributed by atoms with E-state index in [4.69, 9.17) is 9.47 Å². The van der Waals surface area contributed by atoms with Gasteiger partial charge in [0.05, 0.1) is 7.11 Å². The molecule has 1 amide bonds. The Morgan fingerprint density at radius 1 is 0.974 bits per heavy atom. The summed E-state index contributed by atoms with van der Waals surface area (Å²) < 4.78 is 10.7. The van der Waals surface area contributed by atoms with Gasteiger partial charge >= 0.3 is 5.97 Å². The number of aromatic amines is 1. The number of ether oxygens (including phenoxy) is 2. The highest BCUT2D eigenvalue weighted by atomic mass is 16.5. The van der Waals surface area contributed by atoms with Gasteiger partial charge in [-0.05, 0) is 92.2 Å². The lowest BCUT2D eigenvalue weighted by atomic mass is 9.49. The maximum Gasteiger partial charge on any atom is 0.329 e. The highest BCUT2D eigenvalue weighted by Crippen LogP contribution is 2.60. The average Bonchev–Trinajstić information content (AvgIpc) is 3.33. The van der Waals surface area contributed by atoms with Gasteiger partial charge in [-0.15, -0.1) is 0 Å². The Hall–Kier alpha value is -3.61. The molecule has 198 valence electrons. The summed E-state index contributed by atoms with van der Waals surface area (Å²) in [4.78, 5) is 43.2. The van der Waals surface area contributed by atoms with Crippen LogP contribution in [-0.4, -0.2) is 42.4 Å². The lowest BCUT2D eigenvalue weighted by Gasteiger charge is -2.55. The van der Waals surface area contributed by atoms with E-state index in [0.29, 0.717) is 29.1 Å². The van der Waals surface area contributed by atoms with E-state index in [2.05, 4.69) is 10.3 Å². The Morgan fingerprint density at radius 3 is 2.29 bits per heavy atom. The minimum absolute atomic E-state index is 0.0279. The molecule has 2 N–H and O–H groups in total. The van der Waals surface area contributed by atoms with E-state index >= 15 is 0 Å². The van der Waals surface area contributed by atoms with Gasteiger partial charge in [0, 0.05) is 34.5 Å². The zero-order valence-electron chi connectivity index (χ0n) is 21.7. The summed E-state index contributed by atoms with van der Waals surface area (Å²) in [6.45, 7) is -0.386. The minimum Gasteiger partial charge on any atom is -0.497 e. The first kappa shape index (κ1) is 24.7. The van der Waals surface area contributed by atoms with Gasteiger partial charge in [-0.1, -0.05) is 18.2 Å². The number of carbonyl (C=O) groups excluding carboxylic acids is 3. The molecule has 4 saturated carbocycles. The second-order valence-corrected chi connectivity index (χ2v) is 11.5. The molecule has 2 aromatic carbocycles. The number of nitrogens with one attached hydrogen (secondary N) is 2. The van der Waals surface area contributed by atoms with E-state index < -0.39 is 12.0 Å². The number of hydrogen-bond donors (Lipinski definition) is 2. The SMILES string of the molecule is COc1ccc(C(=O)COC(=O)[C@@H](Cc2c[nH]c3ccccc23)NC(=O)C23CC4CC(CC(C4)C2)C3)cc1. The molecule has 0 unspecified atom stereocenters. The normalized spacial score (nSPS) is 26.2. The van der Waals surface area contributed by atoms with Gasteiger partial charge in [-0.25, -0.2) is 4.79 Å². The lowest BCUT2D eigenvalue weighted by Crippen LogP contribution is -2.56. The molecular weight excluding hydrogens is 480 g/mol. The summed E-state index contributed by atoms with van der Waals surface area (Å²) in [7, 11) is 1.56. The molecule has 0 radical (unpaired) electrons. The lowest BCUT2D eigenvalue weighted by molar-refractivity contribution is -0.153. The zero-order chi connectivity index (χ0) is 26.3. The molecule has 0 saturated heterocycles. The molecule has 4 aliphatic carbocycles. The van der Waals surface area contributed by atoms with Crippen LogP contribution in [0.25, 0.3) is 10.9 Å². The number of hydrogen-bond acceptors (Lipinski definition) is 5. The highest BCUT2D eigenvalue weighted by Gasteiger charge is 2.55. The van der Waals surface area contributed by atoms with Crippen molar-refractivity contribution in [2.75, 3.05) is 13.7 Å². The second-order valence-electron chi connectivity index (χ2n) is 11.5. The van der Waals surface area contributed by atoms with Gasteiger partial charge in [-0.3, -0.25) is 9.59 Å². The third-order valence-electron chi connectivity index (χ3n) is 8.97. The van der Waals surface area contributed by atoms with Crippen LogP contribution >= 0.6 is 0 Å². The van der Waals surface area contributed by atoms with E-state index in [1.807, 2.05) is 30.5 Å². The molecule has 0 aliphatic heterocycles.